The zero-order chi connectivity index (χ0) is 13.1. The van der Waals surface area contributed by atoms with Crippen LogP contribution in [0, 0.1) is 0 Å². The number of fused-ring (bicyclic) bond motifs is 1. The molecule has 1 aliphatic rings. The largest absolute Gasteiger partial charge is 0.454 e. The molecule has 1 aliphatic heterocycles. The van der Waals surface area contributed by atoms with Gasteiger partial charge >= 0.3 is 0 Å². The van der Waals surface area contributed by atoms with Crippen LogP contribution in [0.2, 0.25) is 0 Å². The lowest BCUT2D eigenvalue weighted by atomic mass is 10.2. The molecule has 4 nitrogen and oxygen atoms in total. The number of anilines is 1. The van der Waals surface area contributed by atoms with Crippen molar-refractivity contribution in [3.05, 3.63) is 52.5 Å². The van der Waals surface area contributed by atoms with Crippen LogP contribution in [0.4, 0.5) is 5.69 Å². The average molecular weight is 319 g/mol. The normalized spacial score (nSPS) is 12.9. The van der Waals surface area contributed by atoms with Gasteiger partial charge in [-0.1, -0.05) is 18.2 Å². The summed E-state index contributed by atoms with van der Waals surface area (Å²) in [5.41, 5.74) is 4.83. The van der Waals surface area contributed by atoms with Crippen LogP contribution in [0.5, 0.6) is 11.5 Å². The van der Waals surface area contributed by atoms with E-state index in [1.807, 2.05) is 42.5 Å². The first-order valence-electron chi connectivity index (χ1n) is 5.76. The average Bonchev–Trinajstić information content (AvgIpc) is 2.87. The molecule has 1 N–H and O–H groups in total. The first kappa shape index (κ1) is 12.0. The lowest BCUT2D eigenvalue weighted by Crippen LogP contribution is -1.93. The lowest BCUT2D eigenvalue weighted by Gasteiger charge is -2.02. The van der Waals surface area contributed by atoms with E-state index in [4.69, 9.17) is 9.47 Å². The Morgan fingerprint density at radius 2 is 1.84 bits per heavy atom. The molecule has 5 heteroatoms. The molecule has 0 unspecified atom stereocenters. The van der Waals surface area contributed by atoms with Crippen molar-refractivity contribution in [2.24, 2.45) is 5.10 Å². The number of rotatable bonds is 3. The summed E-state index contributed by atoms with van der Waals surface area (Å²) in [7, 11) is 0. The summed E-state index contributed by atoms with van der Waals surface area (Å²) in [6.45, 7) is 0.268. The van der Waals surface area contributed by atoms with Gasteiger partial charge in [0.15, 0.2) is 11.5 Å². The van der Waals surface area contributed by atoms with E-state index in [-0.39, 0.29) is 6.79 Å². The van der Waals surface area contributed by atoms with Crippen LogP contribution in [-0.2, 0) is 0 Å². The predicted molar refractivity (Wildman–Crippen MR) is 77.9 cm³/mol. The summed E-state index contributed by atoms with van der Waals surface area (Å²) >= 11 is 3.48. The fourth-order valence-electron chi connectivity index (χ4n) is 1.72. The molecule has 2 aromatic carbocycles. The molecule has 3 rings (SSSR count). The molecular weight excluding hydrogens is 308 g/mol. The second-order valence-corrected chi connectivity index (χ2v) is 4.82. The van der Waals surface area contributed by atoms with Crippen LogP contribution < -0.4 is 14.9 Å². The highest BCUT2D eigenvalue weighted by Crippen LogP contribution is 2.36. The highest BCUT2D eigenvalue weighted by Gasteiger charge is 2.15. The van der Waals surface area contributed by atoms with Crippen molar-refractivity contribution in [1.29, 1.82) is 0 Å². The van der Waals surface area contributed by atoms with Crippen LogP contribution >= 0.6 is 15.9 Å². The maximum absolute atomic E-state index is 5.33. The number of halogens is 1. The number of nitrogens with zero attached hydrogens (tertiary/aromatic N) is 1. The van der Waals surface area contributed by atoms with Gasteiger partial charge in [0.1, 0.15) is 0 Å². The Hall–Kier alpha value is -2.01. The third-order valence-corrected chi connectivity index (χ3v) is 3.35. The third kappa shape index (κ3) is 2.71. The van der Waals surface area contributed by atoms with Crippen molar-refractivity contribution >= 4 is 27.8 Å². The molecule has 0 aliphatic carbocycles. The first-order valence-corrected chi connectivity index (χ1v) is 6.55. The van der Waals surface area contributed by atoms with Crippen LogP contribution in [0.1, 0.15) is 5.56 Å². The van der Waals surface area contributed by atoms with Crippen molar-refractivity contribution in [3.8, 4) is 11.5 Å². The van der Waals surface area contributed by atoms with Crippen molar-refractivity contribution in [2.45, 2.75) is 0 Å². The zero-order valence-corrected chi connectivity index (χ0v) is 11.6. The molecule has 0 saturated heterocycles. The number of hydrogen-bond donors (Lipinski definition) is 1. The van der Waals surface area contributed by atoms with Crippen molar-refractivity contribution in [3.63, 3.8) is 0 Å². The first-order chi connectivity index (χ1) is 9.33. The second-order valence-electron chi connectivity index (χ2n) is 3.96. The van der Waals surface area contributed by atoms with E-state index in [2.05, 4.69) is 26.5 Å². The molecule has 0 amide bonds. The minimum absolute atomic E-state index is 0.268. The minimum atomic E-state index is 0.268. The van der Waals surface area contributed by atoms with E-state index >= 15 is 0 Å². The Kier molecular flexibility index (Phi) is 3.37. The Balaban J connectivity index is 1.76. The maximum Gasteiger partial charge on any atom is 0.231 e. The molecule has 0 fully saturated rings. The van der Waals surface area contributed by atoms with E-state index in [1.165, 1.54) is 0 Å². The van der Waals surface area contributed by atoms with Gasteiger partial charge < -0.3 is 9.47 Å². The highest BCUT2D eigenvalue weighted by atomic mass is 79.9. The summed E-state index contributed by atoms with van der Waals surface area (Å²) in [5.74, 6) is 1.49. The lowest BCUT2D eigenvalue weighted by molar-refractivity contribution is 0.174. The van der Waals surface area contributed by atoms with Crippen LogP contribution in [-0.4, -0.2) is 13.0 Å². The molecule has 0 saturated carbocycles. The van der Waals surface area contributed by atoms with E-state index < -0.39 is 0 Å². The maximum atomic E-state index is 5.33. The summed E-state index contributed by atoms with van der Waals surface area (Å²) in [4.78, 5) is 0. The predicted octanol–water partition coefficient (Wildman–Crippen LogP) is 3.62. The Morgan fingerprint density at radius 3 is 2.63 bits per heavy atom. The number of hydrogen-bond acceptors (Lipinski definition) is 4. The van der Waals surface area contributed by atoms with Crippen molar-refractivity contribution < 1.29 is 9.47 Å². The molecule has 0 radical (unpaired) electrons. The van der Waals surface area contributed by atoms with Crippen molar-refractivity contribution in [1.82, 2.24) is 0 Å². The van der Waals surface area contributed by atoms with Gasteiger partial charge in [-0.05, 0) is 40.2 Å². The number of para-hydroxylation sites is 1. The summed E-state index contributed by atoms with van der Waals surface area (Å²) in [6.07, 6.45) is 1.74. The van der Waals surface area contributed by atoms with Gasteiger partial charge in [-0.3, -0.25) is 5.43 Å². The molecule has 0 spiro atoms. The van der Waals surface area contributed by atoms with E-state index in [0.717, 1.165) is 27.2 Å². The smallest absolute Gasteiger partial charge is 0.231 e. The van der Waals surface area contributed by atoms with Gasteiger partial charge in [0.2, 0.25) is 6.79 Å². The van der Waals surface area contributed by atoms with Gasteiger partial charge in [-0.25, -0.2) is 0 Å². The van der Waals surface area contributed by atoms with Crippen molar-refractivity contribution in [2.75, 3.05) is 12.2 Å². The Labute approximate surface area is 119 Å². The number of hydrazone groups is 1. The van der Waals surface area contributed by atoms with Crippen LogP contribution in [0.15, 0.2) is 52.0 Å². The van der Waals surface area contributed by atoms with Gasteiger partial charge in [-0.2, -0.15) is 5.10 Å². The molecular formula is C14H11BrN2O2. The molecule has 0 bridgehead atoms. The van der Waals surface area contributed by atoms with Crippen LogP contribution in [0.25, 0.3) is 0 Å². The van der Waals surface area contributed by atoms with E-state index in [1.54, 1.807) is 6.21 Å². The molecule has 19 heavy (non-hydrogen) atoms. The fraction of sp³-hybridized carbons (Fsp3) is 0.0714. The van der Waals surface area contributed by atoms with E-state index in [9.17, 15) is 0 Å². The molecule has 0 atom stereocenters. The standard InChI is InChI=1S/C14H11BrN2O2/c15-12-7-14-13(18-9-19-14)6-10(12)8-16-17-11-4-2-1-3-5-11/h1-8,17H,9H2. The molecule has 2 aromatic rings. The number of nitrogens with one attached hydrogen (secondary N) is 1. The van der Waals surface area contributed by atoms with Gasteiger partial charge in [0, 0.05) is 10.0 Å². The topological polar surface area (TPSA) is 42.9 Å². The summed E-state index contributed by atoms with van der Waals surface area (Å²) < 4.78 is 11.5. The monoisotopic (exact) mass is 318 g/mol. The number of ether oxygens (including phenoxy) is 2. The summed E-state index contributed by atoms with van der Waals surface area (Å²) in [5, 5.41) is 4.20. The Morgan fingerprint density at radius 1 is 1.11 bits per heavy atom. The van der Waals surface area contributed by atoms with Gasteiger partial charge in [-0.15, -0.1) is 0 Å². The third-order valence-electron chi connectivity index (χ3n) is 2.66. The quantitative estimate of drug-likeness (QED) is 0.694. The molecule has 1 heterocycles. The molecule has 0 aromatic heterocycles. The SMILES string of the molecule is Brc1cc2c(cc1C=NNc1ccccc1)OCO2. The number of benzene rings is 2. The Bertz CT molecular complexity index is 614. The van der Waals surface area contributed by atoms with Gasteiger partial charge in [0.05, 0.1) is 11.9 Å². The van der Waals surface area contributed by atoms with Gasteiger partial charge in [0.25, 0.3) is 0 Å². The fourth-order valence-corrected chi connectivity index (χ4v) is 2.15. The van der Waals surface area contributed by atoms with E-state index in [0.29, 0.717) is 0 Å². The van der Waals surface area contributed by atoms with Crippen LogP contribution in [0.3, 0.4) is 0 Å². The summed E-state index contributed by atoms with van der Waals surface area (Å²) in [6, 6.07) is 13.5. The minimum Gasteiger partial charge on any atom is -0.454 e. The molecule has 96 valence electrons. The zero-order valence-electron chi connectivity index (χ0n) is 9.97. The second kappa shape index (κ2) is 5.32. The highest BCUT2D eigenvalue weighted by molar-refractivity contribution is 9.10.